The van der Waals surface area contributed by atoms with Crippen molar-refractivity contribution in [2.24, 2.45) is 0 Å². The van der Waals surface area contributed by atoms with Crippen LogP contribution >= 0.6 is 11.3 Å². The fraction of sp³-hybridized carbons (Fsp3) is 0.0625. The van der Waals surface area contributed by atoms with Crippen molar-refractivity contribution in [3.63, 3.8) is 0 Å². The van der Waals surface area contributed by atoms with Crippen molar-refractivity contribution in [3.05, 3.63) is 59.0 Å². The molecule has 21 heavy (non-hydrogen) atoms. The predicted molar refractivity (Wildman–Crippen MR) is 82.1 cm³/mol. The van der Waals surface area contributed by atoms with Crippen molar-refractivity contribution in [2.75, 3.05) is 5.73 Å². The van der Waals surface area contributed by atoms with E-state index in [1.165, 1.54) is 23.5 Å². The molecule has 3 aromatic rings. The maximum Gasteiger partial charge on any atom is 0.135 e. The molecule has 0 aliphatic rings. The number of hydrogen-bond acceptors (Lipinski definition) is 3. The number of anilines is 1. The Kier molecular flexibility index (Phi) is 3.43. The third kappa shape index (κ3) is 2.52. The highest BCUT2D eigenvalue weighted by Crippen LogP contribution is 2.36. The lowest BCUT2D eigenvalue weighted by molar-refractivity contribution is 0.585. The highest BCUT2D eigenvalue weighted by atomic mass is 32.1. The summed E-state index contributed by atoms with van der Waals surface area (Å²) in [6.45, 7) is 1.86. The van der Waals surface area contributed by atoms with Gasteiger partial charge in [-0.2, -0.15) is 0 Å². The monoisotopic (exact) mass is 302 g/mol. The van der Waals surface area contributed by atoms with Crippen LogP contribution in [0.25, 0.3) is 21.8 Å². The minimum atomic E-state index is -0.615. The lowest BCUT2D eigenvalue weighted by atomic mass is 10.1. The normalized spacial score (nSPS) is 10.8. The van der Waals surface area contributed by atoms with Crippen LogP contribution in [-0.4, -0.2) is 4.98 Å². The fourth-order valence-corrected chi connectivity index (χ4v) is 3.11. The summed E-state index contributed by atoms with van der Waals surface area (Å²) in [7, 11) is 0. The van der Waals surface area contributed by atoms with Crippen molar-refractivity contribution in [1.29, 1.82) is 0 Å². The Hall–Kier alpha value is -2.27. The summed E-state index contributed by atoms with van der Waals surface area (Å²) in [5.41, 5.74) is 8.21. The van der Waals surface area contributed by atoms with Crippen molar-refractivity contribution < 1.29 is 8.78 Å². The van der Waals surface area contributed by atoms with E-state index in [9.17, 15) is 8.78 Å². The van der Waals surface area contributed by atoms with Gasteiger partial charge in [0, 0.05) is 27.8 Å². The van der Waals surface area contributed by atoms with Gasteiger partial charge in [0.25, 0.3) is 0 Å². The molecule has 2 nitrogen and oxygen atoms in total. The molecule has 0 unspecified atom stereocenters. The molecule has 0 aliphatic heterocycles. The number of para-hydroxylation sites is 1. The van der Waals surface area contributed by atoms with Crippen LogP contribution in [-0.2, 0) is 0 Å². The molecule has 0 saturated carbocycles. The number of benzene rings is 2. The summed E-state index contributed by atoms with van der Waals surface area (Å²) in [4.78, 5) is 5.34. The molecule has 0 saturated heterocycles. The summed E-state index contributed by atoms with van der Waals surface area (Å²) in [5, 5.41) is 0.726. The Morgan fingerprint density at radius 3 is 2.52 bits per heavy atom. The van der Waals surface area contributed by atoms with E-state index in [1.807, 2.05) is 25.1 Å². The minimum absolute atomic E-state index is 0.297. The Morgan fingerprint density at radius 2 is 1.81 bits per heavy atom. The van der Waals surface area contributed by atoms with Crippen LogP contribution in [0.2, 0.25) is 0 Å². The van der Waals surface area contributed by atoms with Crippen LogP contribution in [0.4, 0.5) is 14.5 Å². The zero-order valence-corrected chi connectivity index (χ0v) is 12.0. The predicted octanol–water partition coefficient (Wildman–Crippen LogP) is 4.65. The Balaban J connectivity index is 2.12. The molecule has 0 radical (unpaired) electrons. The van der Waals surface area contributed by atoms with E-state index in [1.54, 1.807) is 6.07 Å². The molecule has 3 rings (SSSR count). The average Bonchev–Trinajstić information content (AvgIpc) is 2.81. The molecule has 0 spiro atoms. The Labute approximate surface area is 124 Å². The van der Waals surface area contributed by atoms with Gasteiger partial charge in [0.15, 0.2) is 0 Å². The van der Waals surface area contributed by atoms with E-state index < -0.39 is 11.6 Å². The van der Waals surface area contributed by atoms with E-state index in [-0.39, 0.29) is 0 Å². The van der Waals surface area contributed by atoms with Gasteiger partial charge in [-0.15, -0.1) is 11.3 Å². The van der Waals surface area contributed by atoms with Crippen LogP contribution in [0.1, 0.15) is 4.88 Å². The minimum Gasteiger partial charge on any atom is -0.398 e. The number of aromatic nitrogens is 1. The Bertz CT molecular complexity index is 812. The lowest BCUT2D eigenvalue weighted by Gasteiger charge is -2.02. The van der Waals surface area contributed by atoms with E-state index in [0.717, 1.165) is 21.5 Å². The molecule has 106 valence electrons. The summed E-state index contributed by atoms with van der Waals surface area (Å²) in [6.07, 6.45) is 0. The third-order valence-corrected chi connectivity index (χ3v) is 4.18. The summed E-state index contributed by atoms with van der Waals surface area (Å²) in [6, 6.07) is 10.9. The highest BCUT2D eigenvalue weighted by molar-refractivity contribution is 7.15. The second kappa shape index (κ2) is 5.26. The number of halogens is 2. The van der Waals surface area contributed by atoms with Gasteiger partial charge in [0.05, 0.1) is 5.69 Å². The number of nitrogens with two attached hydrogens (primary N) is 1. The molecule has 0 fully saturated rings. The molecule has 5 heteroatoms. The molecule has 2 N–H and O–H groups in total. The Morgan fingerprint density at radius 1 is 1.05 bits per heavy atom. The second-order valence-corrected chi connectivity index (χ2v) is 5.84. The van der Waals surface area contributed by atoms with Crippen molar-refractivity contribution >= 4 is 17.0 Å². The number of rotatable bonds is 2. The quantitative estimate of drug-likeness (QED) is 0.700. The first-order valence-electron chi connectivity index (χ1n) is 6.34. The largest absolute Gasteiger partial charge is 0.398 e. The van der Waals surface area contributed by atoms with Crippen molar-refractivity contribution in [1.82, 2.24) is 4.98 Å². The van der Waals surface area contributed by atoms with Crippen LogP contribution in [0.15, 0.2) is 42.5 Å². The van der Waals surface area contributed by atoms with Crippen LogP contribution in [0, 0.1) is 18.6 Å². The summed E-state index contributed by atoms with van der Waals surface area (Å²) < 4.78 is 26.9. The van der Waals surface area contributed by atoms with E-state index in [2.05, 4.69) is 4.98 Å². The second-order valence-electron chi connectivity index (χ2n) is 4.64. The first-order chi connectivity index (χ1) is 10.1. The molecule has 0 amide bonds. The highest BCUT2D eigenvalue weighted by Gasteiger charge is 2.16. The molecule has 2 aromatic carbocycles. The van der Waals surface area contributed by atoms with Crippen LogP contribution in [0.5, 0.6) is 0 Å². The van der Waals surface area contributed by atoms with Gasteiger partial charge < -0.3 is 5.73 Å². The molecule has 1 aromatic heterocycles. The molecule has 0 aliphatic carbocycles. The van der Waals surface area contributed by atoms with Gasteiger partial charge in [0.1, 0.15) is 16.6 Å². The first-order valence-corrected chi connectivity index (χ1v) is 7.15. The molecular formula is C16H12F2N2S. The van der Waals surface area contributed by atoms with Crippen molar-refractivity contribution in [2.45, 2.75) is 6.92 Å². The number of thiazole rings is 1. The average molecular weight is 302 g/mol. The number of nitrogens with zero attached hydrogens (tertiary/aromatic N) is 1. The zero-order valence-electron chi connectivity index (χ0n) is 11.2. The van der Waals surface area contributed by atoms with Crippen LogP contribution in [0.3, 0.4) is 0 Å². The lowest BCUT2D eigenvalue weighted by Crippen LogP contribution is -1.90. The fourth-order valence-electron chi connectivity index (χ4n) is 2.13. The van der Waals surface area contributed by atoms with Gasteiger partial charge in [-0.1, -0.05) is 12.1 Å². The summed E-state index contributed by atoms with van der Waals surface area (Å²) >= 11 is 1.44. The van der Waals surface area contributed by atoms with Gasteiger partial charge in [-0.25, -0.2) is 13.8 Å². The molecule has 0 bridgehead atoms. The standard InChI is InChI=1S/C16H12F2N2S/c1-9-15(11-7-6-10(17)8-13(11)18)20-16(21-9)12-4-2-3-5-14(12)19/h2-8H,19H2,1H3. The SMILES string of the molecule is Cc1sc(-c2ccccc2N)nc1-c1ccc(F)cc1F. The summed E-state index contributed by atoms with van der Waals surface area (Å²) in [5.74, 6) is -1.22. The molecular weight excluding hydrogens is 290 g/mol. The van der Waals surface area contributed by atoms with E-state index in [4.69, 9.17) is 5.73 Å². The number of nitrogen functional groups attached to an aromatic ring is 1. The van der Waals surface area contributed by atoms with Gasteiger partial charge >= 0.3 is 0 Å². The van der Waals surface area contributed by atoms with Gasteiger partial charge in [-0.3, -0.25) is 0 Å². The topological polar surface area (TPSA) is 38.9 Å². The van der Waals surface area contributed by atoms with Crippen LogP contribution < -0.4 is 5.73 Å². The third-order valence-electron chi connectivity index (χ3n) is 3.17. The van der Waals surface area contributed by atoms with Gasteiger partial charge in [0.2, 0.25) is 0 Å². The maximum atomic E-state index is 13.9. The van der Waals surface area contributed by atoms with E-state index in [0.29, 0.717) is 16.9 Å². The maximum absolute atomic E-state index is 13.9. The molecule has 1 heterocycles. The smallest absolute Gasteiger partial charge is 0.135 e. The first kappa shape index (κ1) is 13.7. The zero-order chi connectivity index (χ0) is 15.0. The molecule has 0 atom stereocenters. The van der Waals surface area contributed by atoms with Crippen molar-refractivity contribution in [3.8, 4) is 21.8 Å². The van der Waals surface area contributed by atoms with Gasteiger partial charge in [-0.05, 0) is 31.2 Å². The number of aryl methyl sites for hydroxylation is 1. The number of hydrogen-bond donors (Lipinski definition) is 1. The van der Waals surface area contributed by atoms with E-state index >= 15 is 0 Å².